The minimum absolute atomic E-state index is 0.144. The largest absolute Gasteiger partial charge is 0.480 e. The maximum atomic E-state index is 11.5. The summed E-state index contributed by atoms with van der Waals surface area (Å²) in [7, 11) is 1.73. The number of carboxylic acids is 1. The lowest BCUT2D eigenvalue weighted by atomic mass is 10.0. The molecular formula is C8H12N2O3. The number of fused-ring (bicyclic) bond motifs is 2. The fourth-order valence-corrected chi connectivity index (χ4v) is 2.09. The molecule has 2 fully saturated rings. The lowest BCUT2D eigenvalue weighted by Crippen LogP contribution is -2.44. The third kappa shape index (κ3) is 1.07. The summed E-state index contributed by atoms with van der Waals surface area (Å²) in [6, 6.07) is -0.522. The van der Waals surface area contributed by atoms with E-state index in [2.05, 4.69) is 0 Å². The van der Waals surface area contributed by atoms with Crippen molar-refractivity contribution in [1.29, 1.82) is 0 Å². The van der Waals surface area contributed by atoms with Crippen LogP contribution in [0.15, 0.2) is 0 Å². The minimum Gasteiger partial charge on any atom is -0.480 e. The van der Waals surface area contributed by atoms with E-state index < -0.39 is 12.0 Å². The highest BCUT2D eigenvalue weighted by Crippen LogP contribution is 2.28. The molecule has 2 amide bonds. The van der Waals surface area contributed by atoms with Gasteiger partial charge in [-0.2, -0.15) is 0 Å². The van der Waals surface area contributed by atoms with E-state index in [0.29, 0.717) is 13.0 Å². The molecule has 2 aliphatic rings. The van der Waals surface area contributed by atoms with E-state index in [1.165, 1.54) is 4.90 Å². The van der Waals surface area contributed by atoms with Crippen molar-refractivity contribution >= 4 is 12.0 Å². The molecule has 0 aromatic rings. The van der Waals surface area contributed by atoms with E-state index in [9.17, 15) is 9.59 Å². The Morgan fingerprint density at radius 3 is 2.85 bits per heavy atom. The molecule has 1 N–H and O–H groups in total. The highest BCUT2D eigenvalue weighted by Gasteiger charge is 2.45. The van der Waals surface area contributed by atoms with Crippen molar-refractivity contribution in [2.24, 2.45) is 0 Å². The summed E-state index contributed by atoms with van der Waals surface area (Å²) in [4.78, 5) is 25.4. The first-order valence-corrected chi connectivity index (χ1v) is 4.37. The number of likely N-dealkylation sites (N-methyl/N-ethyl adjacent to an activating group) is 1. The number of amides is 2. The molecule has 2 heterocycles. The van der Waals surface area contributed by atoms with Crippen LogP contribution in [-0.2, 0) is 4.79 Å². The second kappa shape index (κ2) is 2.61. The van der Waals surface area contributed by atoms with Crippen LogP contribution in [0.5, 0.6) is 0 Å². The number of aliphatic carboxylic acids is 1. The Bertz CT molecular complexity index is 266. The van der Waals surface area contributed by atoms with Gasteiger partial charge in [0.15, 0.2) is 0 Å². The van der Waals surface area contributed by atoms with Crippen LogP contribution in [0.3, 0.4) is 0 Å². The Hall–Kier alpha value is -1.26. The average Bonchev–Trinajstić information content (AvgIpc) is 2.32. The molecule has 72 valence electrons. The molecule has 5 nitrogen and oxygen atoms in total. The summed E-state index contributed by atoms with van der Waals surface area (Å²) in [6.45, 7) is 0.576. The highest BCUT2D eigenvalue weighted by atomic mass is 16.4. The van der Waals surface area contributed by atoms with Crippen LogP contribution >= 0.6 is 0 Å². The zero-order valence-corrected chi connectivity index (χ0v) is 7.43. The SMILES string of the molecule is CN1C(=O)N2C[C@H]1CC[C@H]2C(=O)O. The van der Waals surface area contributed by atoms with Gasteiger partial charge in [-0.3, -0.25) is 0 Å². The fraction of sp³-hybridized carbons (Fsp3) is 0.750. The lowest BCUT2D eigenvalue weighted by Gasteiger charge is -2.27. The summed E-state index contributed by atoms with van der Waals surface area (Å²) in [5, 5.41) is 8.85. The van der Waals surface area contributed by atoms with Crippen molar-refractivity contribution in [3.63, 3.8) is 0 Å². The molecule has 0 aliphatic carbocycles. The summed E-state index contributed by atoms with van der Waals surface area (Å²) in [6.07, 6.45) is 1.38. The number of hydrogen-bond acceptors (Lipinski definition) is 2. The monoisotopic (exact) mass is 184 g/mol. The predicted octanol–water partition coefficient (Wildman–Crippen LogP) is -0.0306. The Morgan fingerprint density at radius 1 is 1.54 bits per heavy atom. The Balaban J connectivity index is 2.22. The van der Waals surface area contributed by atoms with Crippen LogP contribution in [0.2, 0.25) is 0 Å². The number of urea groups is 1. The van der Waals surface area contributed by atoms with Gasteiger partial charge in [-0.05, 0) is 12.8 Å². The van der Waals surface area contributed by atoms with Gasteiger partial charge in [0.2, 0.25) is 0 Å². The van der Waals surface area contributed by atoms with Gasteiger partial charge in [-0.15, -0.1) is 0 Å². The Morgan fingerprint density at radius 2 is 2.23 bits per heavy atom. The second-order valence-electron chi connectivity index (χ2n) is 3.63. The molecule has 0 saturated carbocycles. The Kier molecular flexibility index (Phi) is 1.68. The quantitative estimate of drug-likeness (QED) is 0.622. The van der Waals surface area contributed by atoms with Gasteiger partial charge in [-0.25, -0.2) is 9.59 Å². The zero-order chi connectivity index (χ0) is 9.59. The zero-order valence-electron chi connectivity index (χ0n) is 7.43. The van der Waals surface area contributed by atoms with Crippen LogP contribution in [0, 0.1) is 0 Å². The molecule has 2 aliphatic heterocycles. The third-order valence-corrected chi connectivity index (χ3v) is 2.94. The van der Waals surface area contributed by atoms with Crippen LogP contribution in [0.25, 0.3) is 0 Å². The standard InChI is InChI=1S/C8H12N2O3/c1-9-5-2-3-6(7(11)12)10(4-5)8(9)13/h5-6H,2-4H2,1H3,(H,11,12)/t5-,6+/m1/s1. The molecule has 0 spiro atoms. The molecule has 5 heteroatoms. The van der Waals surface area contributed by atoms with E-state index in [4.69, 9.17) is 5.11 Å². The molecule has 2 rings (SSSR count). The van der Waals surface area contributed by atoms with Crippen molar-refractivity contribution in [2.75, 3.05) is 13.6 Å². The first-order chi connectivity index (χ1) is 6.11. The van der Waals surface area contributed by atoms with E-state index in [1.807, 2.05) is 0 Å². The van der Waals surface area contributed by atoms with E-state index in [0.717, 1.165) is 6.42 Å². The third-order valence-electron chi connectivity index (χ3n) is 2.94. The molecule has 0 aromatic carbocycles. The smallest absolute Gasteiger partial charge is 0.326 e. The van der Waals surface area contributed by atoms with E-state index in [-0.39, 0.29) is 12.1 Å². The lowest BCUT2D eigenvalue weighted by molar-refractivity contribution is -0.142. The normalized spacial score (nSPS) is 32.5. The molecule has 2 saturated heterocycles. The number of carbonyl (C=O) groups is 2. The molecular weight excluding hydrogens is 172 g/mol. The first-order valence-electron chi connectivity index (χ1n) is 4.37. The number of hydrogen-bond donors (Lipinski definition) is 1. The summed E-state index contributed by atoms with van der Waals surface area (Å²) in [5.41, 5.74) is 0. The van der Waals surface area contributed by atoms with Crippen molar-refractivity contribution in [3.8, 4) is 0 Å². The van der Waals surface area contributed by atoms with Gasteiger partial charge in [0.1, 0.15) is 6.04 Å². The van der Waals surface area contributed by atoms with Gasteiger partial charge in [0.25, 0.3) is 0 Å². The molecule has 13 heavy (non-hydrogen) atoms. The van der Waals surface area contributed by atoms with E-state index >= 15 is 0 Å². The number of carbonyl (C=O) groups excluding carboxylic acids is 1. The molecule has 2 atom stereocenters. The number of nitrogens with zero attached hydrogens (tertiary/aromatic N) is 2. The maximum absolute atomic E-state index is 11.5. The maximum Gasteiger partial charge on any atom is 0.326 e. The molecule has 0 unspecified atom stereocenters. The van der Waals surface area contributed by atoms with Crippen molar-refractivity contribution in [3.05, 3.63) is 0 Å². The predicted molar refractivity (Wildman–Crippen MR) is 44.3 cm³/mol. The number of carboxylic acid groups (broad SMARTS) is 1. The van der Waals surface area contributed by atoms with Gasteiger partial charge in [0.05, 0.1) is 6.04 Å². The van der Waals surface area contributed by atoms with Crippen LogP contribution in [0.1, 0.15) is 12.8 Å². The summed E-state index contributed by atoms with van der Waals surface area (Å²) >= 11 is 0. The van der Waals surface area contributed by atoms with Crippen LogP contribution in [0.4, 0.5) is 4.79 Å². The van der Waals surface area contributed by atoms with Gasteiger partial charge in [-0.1, -0.05) is 0 Å². The van der Waals surface area contributed by atoms with Gasteiger partial charge >= 0.3 is 12.0 Å². The van der Waals surface area contributed by atoms with Crippen molar-refractivity contribution < 1.29 is 14.7 Å². The summed E-state index contributed by atoms with van der Waals surface area (Å²) < 4.78 is 0. The van der Waals surface area contributed by atoms with Gasteiger partial charge < -0.3 is 14.9 Å². The van der Waals surface area contributed by atoms with Crippen LogP contribution < -0.4 is 0 Å². The molecule has 0 aromatic heterocycles. The summed E-state index contributed by atoms with van der Waals surface area (Å²) in [5.74, 6) is -0.887. The topological polar surface area (TPSA) is 60.9 Å². The van der Waals surface area contributed by atoms with E-state index in [1.54, 1.807) is 11.9 Å². The number of rotatable bonds is 1. The van der Waals surface area contributed by atoms with Crippen LogP contribution in [-0.4, -0.2) is 52.6 Å². The fourth-order valence-electron chi connectivity index (χ4n) is 2.09. The highest BCUT2D eigenvalue weighted by molar-refractivity contribution is 5.85. The molecule has 2 bridgehead atoms. The first kappa shape index (κ1) is 8.34. The minimum atomic E-state index is -0.887. The van der Waals surface area contributed by atoms with Crippen molar-refractivity contribution in [1.82, 2.24) is 9.80 Å². The van der Waals surface area contributed by atoms with Gasteiger partial charge in [0, 0.05) is 13.6 Å². The second-order valence-corrected chi connectivity index (χ2v) is 3.63. The van der Waals surface area contributed by atoms with Crippen molar-refractivity contribution in [2.45, 2.75) is 24.9 Å². The number of piperidine rings is 1. The molecule has 0 radical (unpaired) electrons. The average molecular weight is 184 g/mol. The Labute approximate surface area is 75.9 Å².